The molecular formula is C11H17I. The number of halogens is 1. The molecule has 0 N–H and O–H groups in total. The van der Waals surface area contributed by atoms with Gasteiger partial charge in [0.05, 0.1) is 0 Å². The molecule has 0 heterocycles. The first-order chi connectivity index (χ1) is 5.55. The molecule has 0 radical (unpaired) electrons. The van der Waals surface area contributed by atoms with Crippen LogP contribution in [0.25, 0.3) is 0 Å². The van der Waals surface area contributed by atoms with E-state index in [1.807, 2.05) is 0 Å². The molecular weight excluding hydrogens is 259 g/mol. The van der Waals surface area contributed by atoms with Crippen molar-refractivity contribution in [2.75, 3.05) is 0 Å². The largest absolute Gasteiger partial charge is 0.0998 e. The van der Waals surface area contributed by atoms with E-state index in [-0.39, 0.29) is 0 Å². The average Bonchev–Trinajstić information content (AvgIpc) is 1.98. The lowest BCUT2D eigenvalue weighted by Crippen LogP contribution is -2.63. The van der Waals surface area contributed by atoms with Crippen molar-refractivity contribution in [2.24, 2.45) is 29.6 Å². The minimum Gasteiger partial charge on any atom is -0.0998 e. The van der Waals surface area contributed by atoms with Gasteiger partial charge in [-0.2, -0.15) is 0 Å². The van der Waals surface area contributed by atoms with Crippen LogP contribution in [0, 0.1) is 29.6 Å². The summed E-state index contributed by atoms with van der Waals surface area (Å²) in [6.07, 6.45) is 0. The normalized spacial score (nSPS) is 56.7. The molecule has 0 saturated heterocycles. The van der Waals surface area contributed by atoms with E-state index in [0.29, 0.717) is 0 Å². The van der Waals surface area contributed by atoms with Crippen LogP contribution in [-0.4, -0.2) is 3.92 Å². The number of hydrogen-bond acceptors (Lipinski definition) is 0. The van der Waals surface area contributed by atoms with Crippen LogP contribution in [-0.2, 0) is 0 Å². The highest BCUT2D eigenvalue weighted by atomic mass is 127. The van der Waals surface area contributed by atoms with Crippen molar-refractivity contribution in [1.82, 2.24) is 0 Å². The van der Waals surface area contributed by atoms with Crippen LogP contribution >= 0.6 is 22.6 Å². The molecule has 0 aromatic rings. The van der Waals surface area contributed by atoms with Crippen molar-refractivity contribution in [2.45, 2.75) is 24.7 Å². The fraction of sp³-hybridized carbons (Fsp3) is 0.818. The van der Waals surface area contributed by atoms with Gasteiger partial charge in [-0.1, -0.05) is 48.6 Å². The Labute approximate surface area is 88.9 Å². The Morgan fingerprint density at radius 1 is 1.17 bits per heavy atom. The van der Waals surface area contributed by atoms with E-state index in [9.17, 15) is 0 Å². The molecule has 0 aromatic carbocycles. The molecule has 0 nitrogen and oxygen atoms in total. The maximum absolute atomic E-state index is 4.10. The third kappa shape index (κ3) is 0.891. The summed E-state index contributed by atoms with van der Waals surface area (Å²) in [5.74, 6) is 4.69. The number of hydrogen-bond donors (Lipinski definition) is 0. The average molecular weight is 276 g/mol. The molecule has 0 spiro atoms. The van der Waals surface area contributed by atoms with Crippen LogP contribution in [0.1, 0.15) is 20.8 Å². The Morgan fingerprint density at radius 2 is 1.75 bits per heavy atom. The molecule has 6 atom stereocenters. The predicted molar refractivity (Wildman–Crippen MR) is 61.4 cm³/mol. The Kier molecular flexibility index (Phi) is 2.06. The zero-order valence-electron chi connectivity index (χ0n) is 8.05. The molecule has 1 heteroatoms. The van der Waals surface area contributed by atoms with Gasteiger partial charge in [-0.25, -0.2) is 0 Å². The zero-order chi connectivity index (χ0) is 9.04. The lowest BCUT2D eigenvalue weighted by Gasteiger charge is -2.65. The van der Waals surface area contributed by atoms with E-state index in [2.05, 4.69) is 49.9 Å². The maximum Gasteiger partial charge on any atom is 0.0172 e. The van der Waals surface area contributed by atoms with E-state index in [1.165, 1.54) is 5.57 Å². The van der Waals surface area contributed by atoms with Crippen LogP contribution in [0.4, 0.5) is 0 Å². The Hall–Kier alpha value is 0.470. The standard InChI is InChI=1S/C11H17I/c1-5(2)8-6(3)10-9(8)7(4)11(10)12/h6-11H,1H2,2-4H3/t6-,7?,8+,9?,10?,11?/m1/s1. The fourth-order valence-electron chi connectivity index (χ4n) is 3.41. The predicted octanol–water partition coefficient (Wildman–Crippen LogP) is 3.51. The zero-order valence-corrected chi connectivity index (χ0v) is 10.2. The van der Waals surface area contributed by atoms with Crippen molar-refractivity contribution in [3.05, 3.63) is 12.2 Å². The van der Waals surface area contributed by atoms with Gasteiger partial charge < -0.3 is 0 Å². The minimum atomic E-state index is 0.844. The highest BCUT2D eigenvalue weighted by Crippen LogP contribution is 2.65. The van der Waals surface area contributed by atoms with Crippen LogP contribution in [0.3, 0.4) is 0 Å². The van der Waals surface area contributed by atoms with Gasteiger partial charge in [0, 0.05) is 3.92 Å². The molecule has 12 heavy (non-hydrogen) atoms. The summed E-state index contributed by atoms with van der Waals surface area (Å²) < 4.78 is 0.943. The fourth-order valence-corrected chi connectivity index (χ4v) is 5.02. The molecule has 0 aliphatic heterocycles. The van der Waals surface area contributed by atoms with E-state index in [0.717, 1.165) is 33.5 Å². The maximum atomic E-state index is 4.10. The Morgan fingerprint density at radius 3 is 2.25 bits per heavy atom. The van der Waals surface area contributed by atoms with Crippen LogP contribution < -0.4 is 0 Å². The van der Waals surface area contributed by atoms with Gasteiger partial charge in [-0.15, -0.1) is 0 Å². The molecule has 2 saturated carbocycles. The third-order valence-electron chi connectivity index (χ3n) is 4.08. The van der Waals surface area contributed by atoms with Crippen molar-refractivity contribution in [1.29, 1.82) is 0 Å². The summed E-state index contributed by atoms with van der Waals surface area (Å²) in [4.78, 5) is 0. The molecule has 2 aliphatic carbocycles. The van der Waals surface area contributed by atoms with Crippen molar-refractivity contribution in [3.63, 3.8) is 0 Å². The molecule has 0 bridgehead atoms. The van der Waals surface area contributed by atoms with Crippen molar-refractivity contribution < 1.29 is 0 Å². The van der Waals surface area contributed by atoms with Gasteiger partial charge in [0.1, 0.15) is 0 Å². The number of fused-ring (bicyclic) bond motifs is 1. The van der Waals surface area contributed by atoms with E-state index in [4.69, 9.17) is 0 Å². The van der Waals surface area contributed by atoms with Gasteiger partial charge in [0.15, 0.2) is 0 Å². The van der Waals surface area contributed by atoms with Gasteiger partial charge >= 0.3 is 0 Å². The molecule has 2 fully saturated rings. The van der Waals surface area contributed by atoms with E-state index >= 15 is 0 Å². The molecule has 68 valence electrons. The van der Waals surface area contributed by atoms with E-state index in [1.54, 1.807) is 0 Å². The molecule has 0 aromatic heterocycles. The lowest BCUT2D eigenvalue weighted by atomic mass is 9.42. The Bertz CT molecular complexity index is 221. The second-order valence-corrected chi connectivity index (χ2v) is 6.13. The van der Waals surface area contributed by atoms with E-state index < -0.39 is 0 Å². The van der Waals surface area contributed by atoms with Gasteiger partial charge in [-0.3, -0.25) is 0 Å². The molecule has 0 amide bonds. The quantitative estimate of drug-likeness (QED) is 0.390. The first kappa shape index (κ1) is 9.04. The highest BCUT2D eigenvalue weighted by molar-refractivity contribution is 14.1. The van der Waals surface area contributed by atoms with Crippen molar-refractivity contribution in [3.8, 4) is 0 Å². The van der Waals surface area contributed by atoms with Gasteiger partial charge in [0.25, 0.3) is 0 Å². The molecule has 2 rings (SSSR count). The SMILES string of the molecule is C=C(C)[C@@H]1C2C(C)C(I)C2[C@@H]1C. The summed E-state index contributed by atoms with van der Waals surface area (Å²) in [6.45, 7) is 11.1. The summed E-state index contributed by atoms with van der Waals surface area (Å²) >= 11 is 2.63. The molecule has 2 aliphatic rings. The topological polar surface area (TPSA) is 0 Å². The third-order valence-corrected chi connectivity index (χ3v) is 6.04. The summed E-state index contributed by atoms with van der Waals surface area (Å²) in [5.41, 5.74) is 1.42. The number of allylic oxidation sites excluding steroid dienone is 1. The second-order valence-electron chi connectivity index (χ2n) is 4.69. The number of alkyl halides is 1. The van der Waals surface area contributed by atoms with Crippen molar-refractivity contribution >= 4 is 22.6 Å². The monoisotopic (exact) mass is 276 g/mol. The lowest BCUT2D eigenvalue weighted by molar-refractivity contribution is -0.106. The minimum absolute atomic E-state index is 0.844. The summed E-state index contributed by atoms with van der Waals surface area (Å²) in [5, 5.41) is 0. The van der Waals surface area contributed by atoms with Crippen LogP contribution in [0.15, 0.2) is 12.2 Å². The number of rotatable bonds is 1. The van der Waals surface area contributed by atoms with Gasteiger partial charge in [0.2, 0.25) is 0 Å². The molecule has 4 unspecified atom stereocenters. The summed E-state index contributed by atoms with van der Waals surface area (Å²) in [6, 6.07) is 0. The highest BCUT2D eigenvalue weighted by Gasteiger charge is 2.61. The smallest absolute Gasteiger partial charge is 0.0172 e. The van der Waals surface area contributed by atoms with Crippen LogP contribution in [0.2, 0.25) is 0 Å². The first-order valence-corrected chi connectivity index (χ1v) is 6.09. The summed E-state index contributed by atoms with van der Waals surface area (Å²) in [7, 11) is 0. The van der Waals surface area contributed by atoms with Crippen LogP contribution in [0.5, 0.6) is 0 Å². The second kappa shape index (κ2) is 2.73. The Balaban J connectivity index is 2.10. The first-order valence-electron chi connectivity index (χ1n) is 4.85. The van der Waals surface area contributed by atoms with Gasteiger partial charge in [-0.05, 0) is 36.5 Å².